The average molecular weight is 323 g/mol. The summed E-state index contributed by atoms with van der Waals surface area (Å²) in [5.74, 6) is 0.120. The van der Waals surface area contributed by atoms with Crippen molar-refractivity contribution in [3.05, 3.63) is 22.4 Å². The summed E-state index contributed by atoms with van der Waals surface area (Å²) >= 11 is 1.61. The Kier molecular flexibility index (Phi) is 4.20. The molecule has 2 saturated heterocycles. The molecule has 120 valence electrons. The van der Waals surface area contributed by atoms with Gasteiger partial charge >= 0.3 is 0 Å². The molecule has 6 nitrogen and oxygen atoms in total. The molecular formula is C15H21N3O3S. The van der Waals surface area contributed by atoms with Gasteiger partial charge in [-0.25, -0.2) is 0 Å². The SMILES string of the molecule is CNC(=O)C1COC2(CN(C(=O)Cc3cccs3)C2)CN1C. The van der Waals surface area contributed by atoms with Gasteiger partial charge in [0.1, 0.15) is 11.6 Å². The minimum Gasteiger partial charge on any atom is -0.368 e. The predicted octanol–water partition coefficient (Wildman–Crippen LogP) is -0.0518. The number of nitrogens with zero attached hydrogens (tertiary/aromatic N) is 2. The Bertz CT molecular complexity index is 554. The van der Waals surface area contributed by atoms with Crippen LogP contribution in [0.2, 0.25) is 0 Å². The third kappa shape index (κ3) is 2.88. The largest absolute Gasteiger partial charge is 0.368 e. The molecule has 2 aliphatic rings. The first-order valence-electron chi connectivity index (χ1n) is 7.39. The van der Waals surface area contributed by atoms with Crippen molar-refractivity contribution in [2.24, 2.45) is 0 Å². The number of ether oxygens (including phenoxy) is 1. The fourth-order valence-corrected chi connectivity index (χ4v) is 3.82. The summed E-state index contributed by atoms with van der Waals surface area (Å²) in [6.07, 6.45) is 0.463. The van der Waals surface area contributed by atoms with Gasteiger partial charge in [-0.15, -0.1) is 11.3 Å². The van der Waals surface area contributed by atoms with Crippen LogP contribution in [0.4, 0.5) is 0 Å². The van der Waals surface area contributed by atoms with Crippen molar-refractivity contribution in [2.45, 2.75) is 18.1 Å². The molecule has 2 fully saturated rings. The Balaban J connectivity index is 1.52. The lowest BCUT2D eigenvalue weighted by atomic mass is 9.90. The maximum Gasteiger partial charge on any atom is 0.239 e. The van der Waals surface area contributed by atoms with Gasteiger partial charge in [-0.05, 0) is 18.5 Å². The lowest BCUT2D eigenvalue weighted by Gasteiger charge is -2.54. The van der Waals surface area contributed by atoms with Crippen LogP contribution in [0.5, 0.6) is 0 Å². The summed E-state index contributed by atoms with van der Waals surface area (Å²) < 4.78 is 5.93. The van der Waals surface area contributed by atoms with E-state index in [-0.39, 0.29) is 23.5 Å². The summed E-state index contributed by atoms with van der Waals surface area (Å²) in [6.45, 7) is 2.28. The van der Waals surface area contributed by atoms with Gasteiger partial charge in [-0.3, -0.25) is 14.5 Å². The van der Waals surface area contributed by atoms with E-state index >= 15 is 0 Å². The standard InChI is InChI=1S/C15H21N3O3S/c1-16-14(20)12-7-21-15(8-17(12)2)9-18(10-15)13(19)6-11-4-3-5-22-11/h3-5,12H,6-10H2,1-2H3,(H,16,20). The predicted molar refractivity (Wildman–Crippen MR) is 83.8 cm³/mol. The Morgan fingerprint density at radius 3 is 2.82 bits per heavy atom. The summed E-state index contributed by atoms with van der Waals surface area (Å²) in [4.78, 5) is 28.9. The third-order valence-electron chi connectivity index (χ3n) is 4.38. The van der Waals surface area contributed by atoms with Gasteiger partial charge in [-0.2, -0.15) is 0 Å². The highest BCUT2D eigenvalue weighted by atomic mass is 32.1. The van der Waals surface area contributed by atoms with E-state index in [2.05, 4.69) is 5.32 Å². The van der Waals surface area contributed by atoms with Gasteiger partial charge < -0.3 is 15.0 Å². The molecule has 1 aromatic heterocycles. The summed E-state index contributed by atoms with van der Waals surface area (Å²) in [5, 5.41) is 4.64. The van der Waals surface area contributed by atoms with E-state index in [0.29, 0.717) is 32.7 Å². The summed E-state index contributed by atoms with van der Waals surface area (Å²) in [7, 11) is 3.56. The summed E-state index contributed by atoms with van der Waals surface area (Å²) in [5.41, 5.74) is -0.301. The Morgan fingerprint density at radius 1 is 1.45 bits per heavy atom. The lowest BCUT2D eigenvalue weighted by Crippen LogP contribution is -2.73. The molecular weight excluding hydrogens is 302 g/mol. The molecule has 1 aromatic rings. The fraction of sp³-hybridized carbons (Fsp3) is 0.600. The monoisotopic (exact) mass is 323 g/mol. The van der Waals surface area contributed by atoms with Gasteiger partial charge in [-0.1, -0.05) is 6.07 Å². The molecule has 3 rings (SSSR count). The number of thiophene rings is 1. The second-order valence-corrected chi connectivity index (χ2v) is 7.08. The normalized spacial score (nSPS) is 24.1. The van der Waals surface area contributed by atoms with Crippen LogP contribution >= 0.6 is 11.3 Å². The Labute approximate surface area is 134 Å². The van der Waals surface area contributed by atoms with Gasteiger partial charge in [0, 0.05) is 18.5 Å². The first-order valence-corrected chi connectivity index (χ1v) is 8.27. The van der Waals surface area contributed by atoms with Gasteiger partial charge in [0.15, 0.2) is 0 Å². The van der Waals surface area contributed by atoms with Crippen LogP contribution < -0.4 is 5.32 Å². The number of amides is 2. The van der Waals surface area contributed by atoms with Crippen LogP contribution in [0.15, 0.2) is 17.5 Å². The van der Waals surface area contributed by atoms with Crippen LogP contribution in [0.25, 0.3) is 0 Å². The zero-order valence-corrected chi connectivity index (χ0v) is 13.7. The van der Waals surface area contributed by atoms with Crippen molar-refractivity contribution in [1.29, 1.82) is 0 Å². The Morgan fingerprint density at radius 2 is 2.23 bits per heavy atom. The van der Waals surface area contributed by atoms with E-state index in [1.807, 2.05) is 34.4 Å². The maximum absolute atomic E-state index is 12.2. The van der Waals surface area contributed by atoms with Crippen molar-refractivity contribution in [3.8, 4) is 0 Å². The van der Waals surface area contributed by atoms with Crippen LogP contribution in [-0.4, -0.2) is 73.6 Å². The number of carbonyl (C=O) groups excluding carboxylic acids is 2. The highest BCUT2D eigenvalue weighted by Crippen LogP contribution is 2.31. The molecule has 0 radical (unpaired) electrons. The molecule has 0 bridgehead atoms. The number of morpholine rings is 1. The van der Waals surface area contributed by atoms with Crippen molar-refractivity contribution in [2.75, 3.05) is 40.3 Å². The minimum atomic E-state index is -0.301. The second kappa shape index (κ2) is 5.98. The number of nitrogens with one attached hydrogen (secondary N) is 1. The molecule has 3 heterocycles. The molecule has 1 unspecified atom stereocenters. The average Bonchev–Trinajstić information content (AvgIpc) is 2.96. The third-order valence-corrected chi connectivity index (χ3v) is 5.26. The molecule has 7 heteroatoms. The van der Waals surface area contributed by atoms with Crippen LogP contribution in [-0.2, 0) is 20.7 Å². The number of rotatable bonds is 3. The maximum atomic E-state index is 12.2. The molecule has 0 aromatic carbocycles. The number of hydrogen-bond donors (Lipinski definition) is 1. The van der Waals surface area contributed by atoms with Gasteiger partial charge in [0.05, 0.1) is 26.1 Å². The lowest BCUT2D eigenvalue weighted by molar-refractivity contribution is -0.200. The summed E-state index contributed by atoms with van der Waals surface area (Å²) in [6, 6.07) is 3.70. The molecule has 0 saturated carbocycles. The molecule has 1 atom stereocenters. The van der Waals surface area contributed by atoms with E-state index in [1.54, 1.807) is 18.4 Å². The second-order valence-electron chi connectivity index (χ2n) is 6.05. The van der Waals surface area contributed by atoms with Crippen LogP contribution in [0.1, 0.15) is 4.88 Å². The van der Waals surface area contributed by atoms with E-state index in [9.17, 15) is 9.59 Å². The van der Waals surface area contributed by atoms with Gasteiger partial charge in [0.2, 0.25) is 11.8 Å². The van der Waals surface area contributed by atoms with Crippen LogP contribution in [0.3, 0.4) is 0 Å². The first kappa shape index (κ1) is 15.5. The van der Waals surface area contributed by atoms with Crippen molar-refractivity contribution in [1.82, 2.24) is 15.1 Å². The van der Waals surface area contributed by atoms with E-state index in [0.717, 1.165) is 4.88 Å². The quantitative estimate of drug-likeness (QED) is 0.847. The highest BCUT2D eigenvalue weighted by molar-refractivity contribution is 7.10. The Hall–Kier alpha value is -1.44. The first-order chi connectivity index (χ1) is 10.5. The van der Waals surface area contributed by atoms with Crippen molar-refractivity contribution >= 4 is 23.2 Å². The smallest absolute Gasteiger partial charge is 0.239 e. The number of likely N-dealkylation sites (N-methyl/N-ethyl adjacent to an activating group) is 2. The zero-order valence-electron chi connectivity index (χ0n) is 12.9. The molecule has 22 heavy (non-hydrogen) atoms. The molecule has 1 N–H and O–H groups in total. The van der Waals surface area contributed by atoms with E-state index in [4.69, 9.17) is 4.74 Å². The number of hydrogen-bond acceptors (Lipinski definition) is 5. The van der Waals surface area contributed by atoms with Crippen LogP contribution in [0, 0.1) is 0 Å². The minimum absolute atomic E-state index is 0.0256. The highest BCUT2D eigenvalue weighted by Gasteiger charge is 2.50. The molecule has 2 aliphatic heterocycles. The van der Waals surface area contributed by atoms with Crippen molar-refractivity contribution in [3.63, 3.8) is 0 Å². The molecule has 1 spiro atoms. The topological polar surface area (TPSA) is 61.9 Å². The van der Waals surface area contributed by atoms with Gasteiger partial charge in [0.25, 0.3) is 0 Å². The number of likely N-dealkylation sites (tertiary alicyclic amines) is 1. The van der Waals surface area contributed by atoms with E-state index < -0.39 is 0 Å². The zero-order chi connectivity index (χ0) is 15.7. The molecule has 0 aliphatic carbocycles. The number of carbonyl (C=O) groups is 2. The molecule has 2 amide bonds. The van der Waals surface area contributed by atoms with E-state index in [1.165, 1.54) is 0 Å². The van der Waals surface area contributed by atoms with Crippen molar-refractivity contribution < 1.29 is 14.3 Å². The fourth-order valence-electron chi connectivity index (χ4n) is 3.13.